The van der Waals surface area contributed by atoms with Crippen molar-refractivity contribution in [1.82, 2.24) is 0 Å². The lowest BCUT2D eigenvalue weighted by atomic mass is 10.0. The van der Waals surface area contributed by atoms with Crippen LogP contribution in [0.15, 0.2) is 48.6 Å². The van der Waals surface area contributed by atoms with E-state index in [-0.39, 0.29) is 25.2 Å². The summed E-state index contributed by atoms with van der Waals surface area (Å²) in [4.78, 5) is 24.1. The van der Waals surface area contributed by atoms with Gasteiger partial charge in [-0.05, 0) is 51.4 Å². The highest BCUT2D eigenvalue weighted by Gasteiger charge is 2.16. The van der Waals surface area contributed by atoms with Crippen molar-refractivity contribution >= 4 is 11.9 Å². The fourth-order valence-corrected chi connectivity index (χ4v) is 4.37. The molecule has 5 nitrogen and oxygen atoms in total. The number of rotatable bonds is 29. The van der Waals surface area contributed by atoms with E-state index in [0.29, 0.717) is 12.8 Å². The summed E-state index contributed by atoms with van der Waals surface area (Å²) in [5.74, 6) is -0.643. The second kappa shape index (κ2) is 32.4. The third-order valence-corrected chi connectivity index (χ3v) is 6.89. The molecule has 0 aromatic heterocycles. The summed E-state index contributed by atoms with van der Waals surface area (Å²) in [5, 5.41) is 9.49. The largest absolute Gasteiger partial charge is 0.462 e. The molecule has 0 aliphatic rings. The van der Waals surface area contributed by atoms with E-state index in [1.165, 1.54) is 57.8 Å². The lowest BCUT2D eigenvalue weighted by Crippen LogP contribution is -2.28. The minimum Gasteiger partial charge on any atom is -0.462 e. The van der Waals surface area contributed by atoms with Crippen LogP contribution in [0.4, 0.5) is 0 Å². The van der Waals surface area contributed by atoms with Gasteiger partial charge in [-0.25, -0.2) is 0 Å². The topological polar surface area (TPSA) is 72.8 Å². The molecule has 0 aliphatic carbocycles. The quantitative estimate of drug-likeness (QED) is 0.0547. The van der Waals surface area contributed by atoms with Gasteiger partial charge in [0.2, 0.25) is 0 Å². The third kappa shape index (κ3) is 30.6. The molecule has 236 valence electrons. The molecule has 0 fully saturated rings. The van der Waals surface area contributed by atoms with Gasteiger partial charge in [0.05, 0.1) is 6.61 Å². The maximum atomic E-state index is 12.1. The van der Waals surface area contributed by atoms with Crippen molar-refractivity contribution in [2.75, 3.05) is 13.2 Å². The van der Waals surface area contributed by atoms with Crippen molar-refractivity contribution in [2.45, 2.75) is 155 Å². The first-order valence-corrected chi connectivity index (χ1v) is 16.7. The van der Waals surface area contributed by atoms with Crippen molar-refractivity contribution in [3.63, 3.8) is 0 Å². The number of ether oxygens (including phenoxy) is 2. The molecule has 0 aromatic carbocycles. The summed E-state index contributed by atoms with van der Waals surface area (Å²) in [6.45, 7) is 3.96. The Morgan fingerprint density at radius 3 is 1.59 bits per heavy atom. The van der Waals surface area contributed by atoms with E-state index in [9.17, 15) is 14.7 Å². The molecule has 0 radical (unpaired) electrons. The number of hydrogen-bond donors (Lipinski definition) is 1. The number of esters is 2. The highest BCUT2D eigenvalue weighted by atomic mass is 16.6. The first kappa shape index (κ1) is 38.9. The van der Waals surface area contributed by atoms with Crippen LogP contribution in [0.25, 0.3) is 0 Å². The standard InChI is InChI=1S/C36H62O5/c1-3-5-7-9-11-13-15-17-18-19-21-23-25-27-29-31-36(39)41-34(32-37)33-40-35(38)30-28-26-24-22-20-16-14-12-10-8-6-4-2/h5,7,11,13,17-18,21,23,34,37H,3-4,6,8-10,12,14-16,19-20,22,24-33H2,1-2H3/t34-/m0/s1. The van der Waals surface area contributed by atoms with E-state index in [0.717, 1.165) is 64.2 Å². The smallest absolute Gasteiger partial charge is 0.306 e. The molecule has 0 amide bonds. The van der Waals surface area contributed by atoms with Crippen molar-refractivity contribution in [3.8, 4) is 0 Å². The highest BCUT2D eigenvalue weighted by Crippen LogP contribution is 2.13. The molecule has 0 bridgehead atoms. The molecular weight excluding hydrogens is 512 g/mol. The van der Waals surface area contributed by atoms with E-state index in [2.05, 4.69) is 62.5 Å². The van der Waals surface area contributed by atoms with Crippen LogP contribution < -0.4 is 0 Å². The summed E-state index contributed by atoms with van der Waals surface area (Å²) < 4.78 is 10.5. The van der Waals surface area contributed by atoms with E-state index in [1.807, 2.05) is 0 Å². The number of carbonyl (C=O) groups is 2. The van der Waals surface area contributed by atoms with E-state index in [1.54, 1.807) is 0 Å². The Labute approximate surface area is 252 Å². The monoisotopic (exact) mass is 574 g/mol. The fourth-order valence-electron chi connectivity index (χ4n) is 4.37. The number of hydrogen-bond acceptors (Lipinski definition) is 5. The number of aliphatic hydroxyl groups excluding tert-OH is 1. The van der Waals surface area contributed by atoms with Crippen molar-refractivity contribution in [1.29, 1.82) is 0 Å². The molecule has 0 rings (SSSR count). The van der Waals surface area contributed by atoms with Crippen molar-refractivity contribution < 1.29 is 24.2 Å². The van der Waals surface area contributed by atoms with Gasteiger partial charge in [0.15, 0.2) is 6.10 Å². The maximum Gasteiger partial charge on any atom is 0.306 e. The van der Waals surface area contributed by atoms with Gasteiger partial charge in [-0.1, -0.05) is 133 Å². The van der Waals surface area contributed by atoms with Gasteiger partial charge in [0.25, 0.3) is 0 Å². The van der Waals surface area contributed by atoms with Crippen LogP contribution in [0.3, 0.4) is 0 Å². The van der Waals surface area contributed by atoms with Crippen LogP contribution in [-0.4, -0.2) is 36.4 Å². The van der Waals surface area contributed by atoms with Crippen molar-refractivity contribution in [2.24, 2.45) is 0 Å². The lowest BCUT2D eigenvalue weighted by molar-refractivity contribution is -0.161. The minimum absolute atomic E-state index is 0.0821. The molecule has 5 heteroatoms. The highest BCUT2D eigenvalue weighted by molar-refractivity contribution is 5.70. The second-order valence-electron chi connectivity index (χ2n) is 10.9. The molecule has 0 heterocycles. The molecule has 1 atom stereocenters. The SMILES string of the molecule is CCC=CCC=CCC=CCC=CCCCCC(=O)O[C@@H](CO)COC(=O)CCCCCCCCCCCCCC. The molecular formula is C36H62O5. The van der Waals surface area contributed by atoms with Gasteiger partial charge in [-0.2, -0.15) is 0 Å². The number of unbranched alkanes of at least 4 members (excludes halogenated alkanes) is 13. The van der Waals surface area contributed by atoms with Crippen LogP contribution in [0.5, 0.6) is 0 Å². The van der Waals surface area contributed by atoms with E-state index >= 15 is 0 Å². The van der Waals surface area contributed by atoms with E-state index in [4.69, 9.17) is 9.47 Å². The average molecular weight is 575 g/mol. The fraction of sp³-hybridized carbons (Fsp3) is 0.722. The Bertz CT molecular complexity index is 707. The van der Waals surface area contributed by atoms with Gasteiger partial charge in [0, 0.05) is 12.8 Å². The minimum atomic E-state index is -0.789. The summed E-state index contributed by atoms with van der Waals surface area (Å²) in [5.41, 5.74) is 0. The van der Waals surface area contributed by atoms with Crippen molar-refractivity contribution in [3.05, 3.63) is 48.6 Å². The Balaban J connectivity index is 3.68. The van der Waals surface area contributed by atoms with Crippen LogP contribution in [0.2, 0.25) is 0 Å². The Hall–Kier alpha value is -2.14. The summed E-state index contributed by atoms with van der Waals surface area (Å²) in [6, 6.07) is 0. The van der Waals surface area contributed by atoms with Gasteiger partial charge in [-0.15, -0.1) is 0 Å². The van der Waals surface area contributed by atoms with Crippen LogP contribution in [-0.2, 0) is 19.1 Å². The number of aliphatic hydroxyl groups is 1. The third-order valence-electron chi connectivity index (χ3n) is 6.89. The van der Waals surface area contributed by atoms with Gasteiger partial charge in [0.1, 0.15) is 6.61 Å². The van der Waals surface area contributed by atoms with Gasteiger partial charge >= 0.3 is 11.9 Å². The zero-order chi connectivity index (χ0) is 30.1. The Kier molecular flexibility index (Phi) is 30.7. The first-order chi connectivity index (χ1) is 20.1. The number of carbonyl (C=O) groups excluding carboxylic acids is 2. The van der Waals surface area contributed by atoms with Gasteiger partial charge in [-0.3, -0.25) is 9.59 Å². The van der Waals surface area contributed by atoms with Crippen LogP contribution in [0.1, 0.15) is 149 Å². The second-order valence-corrected chi connectivity index (χ2v) is 10.9. The van der Waals surface area contributed by atoms with Crippen LogP contribution in [0, 0.1) is 0 Å². The Morgan fingerprint density at radius 2 is 1.05 bits per heavy atom. The molecule has 0 saturated carbocycles. The predicted molar refractivity (Wildman–Crippen MR) is 173 cm³/mol. The van der Waals surface area contributed by atoms with Gasteiger partial charge < -0.3 is 14.6 Å². The van der Waals surface area contributed by atoms with E-state index < -0.39 is 6.10 Å². The lowest BCUT2D eigenvalue weighted by Gasteiger charge is -2.15. The molecule has 0 spiro atoms. The predicted octanol–water partition coefficient (Wildman–Crippen LogP) is 9.89. The Morgan fingerprint density at radius 1 is 0.585 bits per heavy atom. The normalized spacial score (nSPS) is 12.8. The number of allylic oxidation sites excluding steroid dienone is 8. The summed E-state index contributed by atoms with van der Waals surface area (Å²) in [6.07, 6.45) is 38.8. The van der Waals surface area contributed by atoms with Crippen LogP contribution >= 0.6 is 0 Å². The molecule has 0 saturated heterocycles. The average Bonchev–Trinajstić information content (AvgIpc) is 2.97. The zero-order valence-electron chi connectivity index (χ0n) is 26.5. The summed E-state index contributed by atoms with van der Waals surface area (Å²) in [7, 11) is 0. The molecule has 0 unspecified atom stereocenters. The zero-order valence-corrected chi connectivity index (χ0v) is 26.5. The molecule has 0 aliphatic heterocycles. The molecule has 0 aromatic rings. The molecule has 41 heavy (non-hydrogen) atoms. The molecule has 1 N–H and O–H groups in total. The first-order valence-electron chi connectivity index (χ1n) is 16.7. The maximum absolute atomic E-state index is 12.1. The summed E-state index contributed by atoms with van der Waals surface area (Å²) >= 11 is 0.